The highest BCUT2D eigenvalue weighted by molar-refractivity contribution is 5.79. The minimum Gasteiger partial charge on any atom is -0.381 e. The first-order valence-electron chi connectivity index (χ1n) is 10.2. The highest BCUT2D eigenvalue weighted by atomic mass is 16.5. The Hall–Kier alpha value is -1.63. The Morgan fingerprint density at radius 3 is 2.59 bits per heavy atom. The first kappa shape index (κ1) is 21.7. The van der Waals surface area contributed by atoms with Gasteiger partial charge in [0.05, 0.1) is 13.2 Å². The van der Waals surface area contributed by atoms with E-state index < -0.39 is 0 Å². The molecule has 2 rings (SSSR count). The Morgan fingerprint density at radius 1 is 1.19 bits per heavy atom. The number of rotatable bonds is 10. The van der Waals surface area contributed by atoms with E-state index in [0.717, 1.165) is 58.3 Å². The van der Waals surface area contributed by atoms with Gasteiger partial charge >= 0.3 is 0 Å². The van der Waals surface area contributed by atoms with Crippen LogP contribution in [-0.2, 0) is 9.47 Å². The number of nitrogens with one attached hydrogen (secondary N) is 3. The fourth-order valence-corrected chi connectivity index (χ4v) is 3.35. The summed E-state index contributed by atoms with van der Waals surface area (Å²) in [7, 11) is 0. The fourth-order valence-electron chi connectivity index (χ4n) is 3.35. The van der Waals surface area contributed by atoms with Gasteiger partial charge < -0.3 is 25.4 Å². The van der Waals surface area contributed by atoms with Crippen LogP contribution in [0, 0.1) is 0 Å². The van der Waals surface area contributed by atoms with Crippen molar-refractivity contribution >= 4 is 5.96 Å². The van der Waals surface area contributed by atoms with Crippen LogP contribution in [0.5, 0.6) is 0 Å². The molecule has 0 spiro atoms. The number of hydrogen-bond donors (Lipinski definition) is 3. The number of aliphatic imine (C=N–C) groups is 1. The summed E-state index contributed by atoms with van der Waals surface area (Å²) in [4.78, 5) is 4.87. The molecule has 1 heterocycles. The van der Waals surface area contributed by atoms with Gasteiger partial charge in [0.15, 0.2) is 5.96 Å². The van der Waals surface area contributed by atoms with Crippen LogP contribution in [0.4, 0.5) is 0 Å². The quantitative estimate of drug-likeness (QED) is 0.333. The van der Waals surface area contributed by atoms with E-state index in [4.69, 9.17) is 14.5 Å². The highest BCUT2D eigenvalue weighted by Gasteiger charge is 2.33. The predicted molar refractivity (Wildman–Crippen MR) is 111 cm³/mol. The molecule has 1 aromatic carbocycles. The standard InChI is InChI=1S/C21H36N4O2/c1-4-22-20(23-13-16-26-5-2)24-17-21(11-14-27-15-12-21)25-18(3)19-9-7-6-8-10-19/h6-10,18,25H,4-5,11-17H2,1-3H3,(H2,22,23,24). The SMILES string of the molecule is CCNC(=NCC1(NC(C)c2ccccc2)CCOCC1)NCCOCC. The smallest absolute Gasteiger partial charge is 0.191 e. The molecule has 1 atom stereocenters. The molecule has 0 saturated carbocycles. The zero-order valence-corrected chi connectivity index (χ0v) is 17.1. The lowest BCUT2D eigenvalue weighted by atomic mass is 9.88. The molecule has 1 fully saturated rings. The van der Waals surface area contributed by atoms with Gasteiger partial charge in [0, 0.05) is 44.5 Å². The van der Waals surface area contributed by atoms with Crippen LogP contribution in [0.2, 0.25) is 0 Å². The highest BCUT2D eigenvalue weighted by Crippen LogP contribution is 2.25. The molecule has 0 aromatic heterocycles. The van der Waals surface area contributed by atoms with Gasteiger partial charge in [-0.3, -0.25) is 4.99 Å². The Bertz CT molecular complexity index is 544. The van der Waals surface area contributed by atoms with Crippen LogP contribution in [0.3, 0.4) is 0 Å². The van der Waals surface area contributed by atoms with Crippen LogP contribution in [0.25, 0.3) is 0 Å². The van der Waals surface area contributed by atoms with Gasteiger partial charge in [0.2, 0.25) is 0 Å². The third kappa shape index (κ3) is 7.48. The Labute approximate surface area is 164 Å². The molecule has 27 heavy (non-hydrogen) atoms. The number of nitrogens with zero attached hydrogens (tertiary/aromatic N) is 1. The van der Waals surface area contributed by atoms with Crippen molar-refractivity contribution in [2.45, 2.75) is 45.2 Å². The summed E-state index contributed by atoms with van der Waals surface area (Å²) < 4.78 is 11.0. The zero-order valence-electron chi connectivity index (χ0n) is 17.1. The van der Waals surface area contributed by atoms with E-state index in [2.05, 4.69) is 60.1 Å². The van der Waals surface area contributed by atoms with Gasteiger partial charge in [-0.1, -0.05) is 30.3 Å². The van der Waals surface area contributed by atoms with E-state index in [-0.39, 0.29) is 11.6 Å². The Balaban J connectivity index is 2.02. The van der Waals surface area contributed by atoms with Crippen LogP contribution in [0.1, 0.15) is 45.2 Å². The lowest BCUT2D eigenvalue weighted by Gasteiger charge is -2.39. The van der Waals surface area contributed by atoms with Crippen LogP contribution >= 0.6 is 0 Å². The molecule has 0 bridgehead atoms. The first-order valence-corrected chi connectivity index (χ1v) is 10.2. The van der Waals surface area contributed by atoms with Crippen molar-refractivity contribution < 1.29 is 9.47 Å². The van der Waals surface area contributed by atoms with E-state index in [1.54, 1.807) is 0 Å². The fraction of sp³-hybridized carbons (Fsp3) is 0.667. The van der Waals surface area contributed by atoms with E-state index in [9.17, 15) is 0 Å². The van der Waals surface area contributed by atoms with Crippen molar-refractivity contribution in [2.75, 3.05) is 46.1 Å². The molecule has 1 aliphatic heterocycles. The molecule has 6 heteroatoms. The molecule has 3 N–H and O–H groups in total. The van der Waals surface area contributed by atoms with Gasteiger partial charge in [-0.2, -0.15) is 0 Å². The van der Waals surface area contributed by atoms with E-state index in [1.807, 2.05) is 6.92 Å². The summed E-state index contributed by atoms with van der Waals surface area (Å²) in [5, 5.41) is 10.5. The van der Waals surface area contributed by atoms with Crippen LogP contribution in [-0.4, -0.2) is 57.6 Å². The summed E-state index contributed by atoms with van der Waals surface area (Å²) in [5.74, 6) is 0.845. The van der Waals surface area contributed by atoms with Crippen molar-refractivity contribution in [1.82, 2.24) is 16.0 Å². The van der Waals surface area contributed by atoms with Gasteiger partial charge in [-0.05, 0) is 39.2 Å². The van der Waals surface area contributed by atoms with Gasteiger partial charge in [0.25, 0.3) is 0 Å². The molecule has 6 nitrogen and oxygen atoms in total. The molecule has 1 aliphatic rings. The van der Waals surface area contributed by atoms with Gasteiger partial charge in [0.1, 0.15) is 0 Å². The maximum atomic E-state index is 5.62. The van der Waals surface area contributed by atoms with E-state index >= 15 is 0 Å². The van der Waals surface area contributed by atoms with Crippen molar-refractivity contribution in [3.8, 4) is 0 Å². The third-order valence-corrected chi connectivity index (χ3v) is 4.90. The minimum atomic E-state index is -0.0459. The monoisotopic (exact) mass is 376 g/mol. The first-order chi connectivity index (χ1) is 13.2. The van der Waals surface area contributed by atoms with E-state index in [0.29, 0.717) is 6.61 Å². The Kier molecular flexibility index (Phi) is 9.59. The lowest BCUT2D eigenvalue weighted by Crippen LogP contribution is -2.53. The second-order valence-electron chi connectivity index (χ2n) is 6.99. The maximum absolute atomic E-state index is 5.62. The zero-order chi connectivity index (χ0) is 19.4. The average Bonchev–Trinajstić information content (AvgIpc) is 2.70. The third-order valence-electron chi connectivity index (χ3n) is 4.90. The molecule has 1 aromatic rings. The second-order valence-corrected chi connectivity index (χ2v) is 6.99. The summed E-state index contributed by atoms with van der Waals surface area (Å²) in [6, 6.07) is 10.9. The van der Waals surface area contributed by atoms with Crippen LogP contribution in [0.15, 0.2) is 35.3 Å². The maximum Gasteiger partial charge on any atom is 0.191 e. The van der Waals surface area contributed by atoms with Crippen molar-refractivity contribution in [1.29, 1.82) is 0 Å². The van der Waals surface area contributed by atoms with Gasteiger partial charge in [-0.25, -0.2) is 0 Å². The topological polar surface area (TPSA) is 66.9 Å². The molecule has 152 valence electrons. The second kappa shape index (κ2) is 12.0. The molecule has 0 radical (unpaired) electrons. The average molecular weight is 377 g/mol. The van der Waals surface area contributed by atoms with Gasteiger partial charge in [-0.15, -0.1) is 0 Å². The molecule has 0 aliphatic carbocycles. The van der Waals surface area contributed by atoms with E-state index in [1.165, 1.54) is 5.56 Å². The molecule has 1 saturated heterocycles. The predicted octanol–water partition coefficient (Wildman–Crippen LogP) is 2.48. The molecular formula is C21H36N4O2. The Morgan fingerprint density at radius 2 is 1.93 bits per heavy atom. The molecule has 0 amide bonds. The lowest BCUT2D eigenvalue weighted by molar-refractivity contribution is 0.0374. The summed E-state index contributed by atoms with van der Waals surface area (Å²) in [6.07, 6.45) is 1.93. The normalized spacial score (nSPS) is 18.1. The van der Waals surface area contributed by atoms with Crippen molar-refractivity contribution in [3.05, 3.63) is 35.9 Å². The number of ether oxygens (including phenoxy) is 2. The largest absolute Gasteiger partial charge is 0.381 e. The summed E-state index contributed by atoms with van der Waals surface area (Å²) in [5.41, 5.74) is 1.25. The van der Waals surface area contributed by atoms with Crippen molar-refractivity contribution in [3.63, 3.8) is 0 Å². The number of hydrogen-bond acceptors (Lipinski definition) is 4. The number of benzene rings is 1. The van der Waals surface area contributed by atoms with Crippen LogP contribution < -0.4 is 16.0 Å². The molecule has 1 unspecified atom stereocenters. The molecular weight excluding hydrogens is 340 g/mol. The minimum absolute atomic E-state index is 0.0459. The van der Waals surface area contributed by atoms with Crippen molar-refractivity contribution in [2.24, 2.45) is 4.99 Å². The summed E-state index contributed by atoms with van der Waals surface area (Å²) in [6.45, 7) is 11.6. The summed E-state index contributed by atoms with van der Waals surface area (Å²) >= 11 is 0. The number of guanidine groups is 1.